The van der Waals surface area contributed by atoms with Gasteiger partial charge in [0.1, 0.15) is 12.4 Å². The maximum Gasteiger partial charge on any atom is 0.328 e. The van der Waals surface area contributed by atoms with Gasteiger partial charge in [-0.2, -0.15) is 0 Å². The first kappa shape index (κ1) is 12.0. The summed E-state index contributed by atoms with van der Waals surface area (Å²) < 4.78 is 5.54. The maximum absolute atomic E-state index is 10.6. The van der Waals surface area contributed by atoms with Crippen LogP contribution in [0.2, 0.25) is 5.02 Å². The molecule has 2 rings (SSSR count). The second-order valence-electron chi connectivity index (χ2n) is 4.07. The third-order valence-electron chi connectivity index (χ3n) is 2.63. The van der Waals surface area contributed by atoms with Crippen molar-refractivity contribution in [1.29, 1.82) is 0 Å². The molecule has 1 saturated carbocycles. The highest BCUT2D eigenvalue weighted by Gasteiger charge is 2.26. The van der Waals surface area contributed by atoms with E-state index >= 15 is 0 Å². The molecule has 1 aromatic carbocycles. The summed E-state index contributed by atoms with van der Waals surface area (Å²) in [5, 5.41) is 9.40. The van der Waals surface area contributed by atoms with Gasteiger partial charge in [0, 0.05) is 11.1 Å². The van der Waals surface area contributed by atoms with Gasteiger partial charge in [-0.3, -0.25) is 0 Å². The lowest BCUT2D eigenvalue weighted by molar-refractivity contribution is -0.131. The van der Waals surface area contributed by atoms with E-state index in [4.69, 9.17) is 21.4 Å². The molecule has 0 heterocycles. The average Bonchev–Trinajstić information content (AvgIpc) is 3.10. The van der Waals surface area contributed by atoms with Gasteiger partial charge in [-0.25, -0.2) is 4.79 Å². The zero-order valence-corrected chi connectivity index (χ0v) is 9.98. The van der Waals surface area contributed by atoms with E-state index in [1.165, 1.54) is 6.08 Å². The van der Waals surface area contributed by atoms with E-state index in [1.54, 1.807) is 24.3 Å². The first-order chi connectivity index (χ1) is 8.15. The summed E-state index contributed by atoms with van der Waals surface area (Å²) in [7, 11) is 0. The van der Waals surface area contributed by atoms with Gasteiger partial charge in [0.2, 0.25) is 0 Å². The van der Waals surface area contributed by atoms with Crippen molar-refractivity contribution in [2.24, 2.45) is 5.92 Å². The monoisotopic (exact) mass is 252 g/mol. The van der Waals surface area contributed by atoms with Crippen molar-refractivity contribution in [2.75, 3.05) is 6.61 Å². The van der Waals surface area contributed by atoms with Crippen LogP contribution >= 0.6 is 11.6 Å². The minimum Gasteiger partial charge on any atom is -0.489 e. The number of rotatable bonds is 5. The zero-order valence-electron chi connectivity index (χ0n) is 9.23. The van der Waals surface area contributed by atoms with Crippen molar-refractivity contribution in [3.8, 4) is 5.75 Å². The van der Waals surface area contributed by atoms with Gasteiger partial charge in [-0.15, -0.1) is 0 Å². The van der Waals surface area contributed by atoms with Crippen molar-refractivity contribution in [2.45, 2.75) is 12.8 Å². The van der Waals surface area contributed by atoms with Crippen LogP contribution in [0.15, 0.2) is 35.9 Å². The Labute approximate surface area is 105 Å². The number of carboxylic acid groups (broad SMARTS) is 1. The SMILES string of the molecule is O=C(O)/C=C(/COc1ccc(Cl)cc1)C1CC1. The molecule has 0 aliphatic heterocycles. The fourth-order valence-corrected chi connectivity index (χ4v) is 1.71. The molecule has 1 aliphatic carbocycles. The molecule has 4 heteroatoms. The first-order valence-electron chi connectivity index (χ1n) is 5.47. The van der Waals surface area contributed by atoms with Crippen molar-refractivity contribution in [3.63, 3.8) is 0 Å². The molecule has 0 saturated heterocycles. The standard InChI is InChI=1S/C13H13ClO3/c14-11-3-5-12(6-4-11)17-8-10(7-13(15)16)9-1-2-9/h3-7,9H,1-2,8H2,(H,15,16)/b10-7-. The van der Waals surface area contributed by atoms with Crippen LogP contribution in [-0.2, 0) is 4.79 Å². The molecule has 0 amide bonds. The molecule has 0 atom stereocenters. The van der Waals surface area contributed by atoms with Crippen LogP contribution in [0.5, 0.6) is 5.75 Å². The van der Waals surface area contributed by atoms with Crippen molar-refractivity contribution < 1.29 is 14.6 Å². The van der Waals surface area contributed by atoms with Crippen molar-refractivity contribution in [1.82, 2.24) is 0 Å². The van der Waals surface area contributed by atoms with Crippen LogP contribution in [0.4, 0.5) is 0 Å². The summed E-state index contributed by atoms with van der Waals surface area (Å²) in [6, 6.07) is 7.03. The van der Waals surface area contributed by atoms with Crippen LogP contribution in [0.3, 0.4) is 0 Å². The first-order valence-corrected chi connectivity index (χ1v) is 5.84. The fourth-order valence-electron chi connectivity index (χ4n) is 1.59. The predicted molar refractivity (Wildman–Crippen MR) is 65.4 cm³/mol. The molecule has 1 aliphatic rings. The Kier molecular flexibility index (Phi) is 3.69. The van der Waals surface area contributed by atoms with Crippen LogP contribution < -0.4 is 4.74 Å². The molecular formula is C13H13ClO3. The molecule has 17 heavy (non-hydrogen) atoms. The number of ether oxygens (including phenoxy) is 1. The summed E-state index contributed by atoms with van der Waals surface area (Å²) in [6.07, 6.45) is 3.37. The molecule has 90 valence electrons. The minimum absolute atomic E-state index is 0.332. The molecule has 0 bridgehead atoms. The fraction of sp³-hybridized carbons (Fsp3) is 0.308. The summed E-state index contributed by atoms with van der Waals surface area (Å²) in [5.74, 6) is 0.177. The largest absolute Gasteiger partial charge is 0.489 e. The van der Waals surface area contributed by atoms with Crippen molar-refractivity contribution >= 4 is 17.6 Å². The Bertz CT molecular complexity index is 432. The number of carbonyl (C=O) groups is 1. The van der Waals surface area contributed by atoms with E-state index in [0.29, 0.717) is 23.3 Å². The number of benzene rings is 1. The quantitative estimate of drug-likeness (QED) is 0.819. The highest BCUT2D eigenvalue weighted by molar-refractivity contribution is 6.30. The summed E-state index contributed by atoms with van der Waals surface area (Å²) in [5.41, 5.74) is 0.854. The van der Waals surface area contributed by atoms with E-state index in [-0.39, 0.29) is 0 Å². The Morgan fingerprint density at radius 1 is 1.41 bits per heavy atom. The second-order valence-corrected chi connectivity index (χ2v) is 4.51. The second kappa shape index (κ2) is 5.23. The molecule has 0 aromatic heterocycles. The Balaban J connectivity index is 1.95. The van der Waals surface area contributed by atoms with Gasteiger partial charge in [-0.05, 0) is 48.6 Å². The Morgan fingerprint density at radius 2 is 2.06 bits per heavy atom. The number of aliphatic carboxylic acids is 1. The van der Waals surface area contributed by atoms with E-state index in [0.717, 1.165) is 18.4 Å². The number of halogens is 1. The van der Waals surface area contributed by atoms with Crippen LogP contribution in [0, 0.1) is 5.92 Å². The average molecular weight is 253 g/mol. The predicted octanol–water partition coefficient (Wildman–Crippen LogP) is 3.14. The van der Waals surface area contributed by atoms with Gasteiger partial charge in [0.15, 0.2) is 0 Å². The van der Waals surface area contributed by atoms with Crippen LogP contribution in [0.1, 0.15) is 12.8 Å². The molecule has 0 spiro atoms. The van der Waals surface area contributed by atoms with Crippen LogP contribution in [-0.4, -0.2) is 17.7 Å². The molecule has 0 radical (unpaired) electrons. The third-order valence-corrected chi connectivity index (χ3v) is 2.88. The smallest absolute Gasteiger partial charge is 0.328 e. The van der Waals surface area contributed by atoms with Gasteiger partial charge in [0.05, 0.1) is 0 Å². The lowest BCUT2D eigenvalue weighted by Gasteiger charge is -2.08. The third kappa shape index (κ3) is 3.79. The molecule has 1 fully saturated rings. The van der Waals surface area contributed by atoms with Crippen LogP contribution in [0.25, 0.3) is 0 Å². The van der Waals surface area contributed by atoms with Gasteiger partial charge in [0.25, 0.3) is 0 Å². The number of hydrogen-bond acceptors (Lipinski definition) is 2. The highest BCUT2D eigenvalue weighted by Crippen LogP contribution is 2.36. The molecular weight excluding hydrogens is 240 g/mol. The minimum atomic E-state index is -0.911. The van der Waals surface area contributed by atoms with E-state index in [1.807, 2.05) is 0 Å². The lowest BCUT2D eigenvalue weighted by atomic mass is 10.1. The molecule has 3 nitrogen and oxygen atoms in total. The number of hydrogen-bond donors (Lipinski definition) is 1. The topological polar surface area (TPSA) is 46.5 Å². The molecule has 0 unspecified atom stereocenters. The van der Waals surface area contributed by atoms with E-state index in [2.05, 4.69) is 0 Å². The summed E-state index contributed by atoms with van der Waals surface area (Å²) >= 11 is 5.76. The summed E-state index contributed by atoms with van der Waals surface area (Å²) in [4.78, 5) is 10.6. The highest BCUT2D eigenvalue weighted by atomic mass is 35.5. The van der Waals surface area contributed by atoms with E-state index in [9.17, 15) is 4.79 Å². The van der Waals surface area contributed by atoms with Gasteiger partial charge >= 0.3 is 5.97 Å². The zero-order chi connectivity index (χ0) is 12.3. The summed E-state index contributed by atoms with van der Waals surface area (Å²) in [6.45, 7) is 0.332. The van der Waals surface area contributed by atoms with Crippen molar-refractivity contribution in [3.05, 3.63) is 40.9 Å². The lowest BCUT2D eigenvalue weighted by Crippen LogP contribution is -2.05. The normalized spacial score (nSPS) is 15.7. The molecule has 1 aromatic rings. The van der Waals surface area contributed by atoms with Gasteiger partial charge < -0.3 is 9.84 Å². The van der Waals surface area contributed by atoms with Gasteiger partial charge in [-0.1, -0.05) is 11.6 Å². The maximum atomic E-state index is 10.6. The Hall–Kier alpha value is -1.48. The Morgan fingerprint density at radius 3 is 2.59 bits per heavy atom. The number of carboxylic acids is 1. The molecule has 1 N–H and O–H groups in total. The van der Waals surface area contributed by atoms with E-state index < -0.39 is 5.97 Å².